The fraction of sp³-hybridized carbons (Fsp3) is 0.462. The number of ether oxygens (including phenoxy) is 1. The summed E-state index contributed by atoms with van der Waals surface area (Å²) >= 11 is 0. The normalized spacial score (nSPS) is 18.1. The van der Waals surface area contributed by atoms with Crippen LogP contribution in [0.3, 0.4) is 0 Å². The van der Waals surface area contributed by atoms with E-state index < -0.39 is 4.92 Å². The second kappa shape index (κ2) is 5.77. The van der Waals surface area contributed by atoms with Crippen LogP contribution in [0.25, 0.3) is 0 Å². The van der Waals surface area contributed by atoms with Gasteiger partial charge in [0.05, 0.1) is 11.5 Å². The zero-order valence-electron chi connectivity index (χ0n) is 11.2. The highest BCUT2D eigenvalue weighted by Gasteiger charge is 2.30. The molecule has 0 aliphatic carbocycles. The minimum Gasteiger partial charge on any atom is -0.487 e. The number of carbonyl (C=O) groups excluding carboxylic acids is 1. The molecule has 0 aromatic heterocycles. The molecule has 1 aliphatic heterocycles. The summed E-state index contributed by atoms with van der Waals surface area (Å²) in [7, 11) is 0. The van der Waals surface area contributed by atoms with Crippen molar-refractivity contribution >= 4 is 17.3 Å². The van der Waals surface area contributed by atoms with Gasteiger partial charge in [-0.25, -0.2) is 0 Å². The number of anilines is 1. The van der Waals surface area contributed by atoms with Gasteiger partial charge in [-0.3, -0.25) is 14.9 Å². The van der Waals surface area contributed by atoms with Crippen molar-refractivity contribution in [1.29, 1.82) is 0 Å². The summed E-state index contributed by atoms with van der Waals surface area (Å²) in [6, 6.07) is 4.27. The molecule has 7 nitrogen and oxygen atoms in total. The van der Waals surface area contributed by atoms with Crippen LogP contribution < -0.4 is 15.4 Å². The Labute approximate surface area is 116 Å². The first-order chi connectivity index (χ1) is 9.54. The van der Waals surface area contributed by atoms with Crippen molar-refractivity contribution in [2.75, 3.05) is 18.1 Å². The quantitative estimate of drug-likeness (QED) is 0.649. The van der Waals surface area contributed by atoms with Gasteiger partial charge in [0.1, 0.15) is 6.04 Å². The molecule has 7 heteroatoms. The molecule has 108 valence electrons. The monoisotopic (exact) mass is 279 g/mol. The van der Waals surface area contributed by atoms with Gasteiger partial charge >= 0.3 is 5.69 Å². The Balaban J connectivity index is 2.35. The third-order valence-corrected chi connectivity index (χ3v) is 3.35. The molecule has 1 fully saturated rings. The molecule has 0 saturated carbocycles. The van der Waals surface area contributed by atoms with Crippen LogP contribution in [-0.4, -0.2) is 30.0 Å². The first-order valence-corrected chi connectivity index (χ1v) is 6.51. The fourth-order valence-corrected chi connectivity index (χ4v) is 2.47. The van der Waals surface area contributed by atoms with Crippen molar-refractivity contribution in [2.45, 2.75) is 25.8 Å². The number of hydrogen-bond donors (Lipinski definition) is 1. The Kier molecular flexibility index (Phi) is 4.07. The molecule has 20 heavy (non-hydrogen) atoms. The summed E-state index contributed by atoms with van der Waals surface area (Å²) in [6.07, 6.45) is 1.57. The second-order valence-corrected chi connectivity index (χ2v) is 4.60. The molecule has 1 heterocycles. The molecule has 1 aromatic carbocycles. The van der Waals surface area contributed by atoms with Crippen molar-refractivity contribution in [3.05, 3.63) is 28.3 Å². The molecule has 1 atom stereocenters. The highest BCUT2D eigenvalue weighted by atomic mass is 16.6. The van der Waals surface area contributed by atoms with E-state index in [1.54, 1.807) is 19.1 Å². The molecule has 2 rings (SSSR count). The average Bonchev–Trinajstić information content (AvgIpc) is 2.88. The van der Waals surface area contributed by atoms with Crippen molar-refractivity contribution in [1.82, 2.24) is 0 Å². The lowest BCUT2D eigenvalue weighted by atomic mass is 10.2. The van der Waals surface area contributed by atoms with Crippen LogP contribution in [-0.2, 0) is 4.79 Å². The molecule has 2 N–H and O–H groups in total. The van der Waals surface area contributed by atoms with Crippen molar-refractivity contribution < 1.29 is 14.5 Å². The van der Waals surface area contributed by atoms with Crippen LogP contribution in [0.4, 0.5) is 11.4 Å². The van der Waals surface area contributed by atoms with E-state index in [-0.39, 0.29) is 23.4 Å². The van der Waals surface area contributed by atoms with E-state index in [2.05, 4.69) is 0 Å². The van der Waals surface area contributed by atoms with E-state index in [9.17, 15) is 14.9 Å². The van der Waals surface area contributed by atoms with E-state index >= 15 is 0 Å². The van der Waals surface area contributed by atoms with Crippen LogP contribution in [0.2, 0.25) is 0 Å². The van der Waals surface area contributed by atoms with Gasteiger partial charge in [-0.05, 0) is 25.8 Å². The van der Waals surface area contributed by atoms with E-state index in [0.717, 1.165) is 12.1 Å². The lowest BCUT2D eigenvalue weighted by molar-refractivity contribution is -0.385. The van der Waals surface area contributed by atoms with E-state index in [1.807, 2.05) is 4.90 Å². The number of primary amides is 1. The summed E-state index contributed by atoms with van der Waals surface area (Å²) in [6.45, 7) is 2.80. The summed E-state index contributed by atoms with van der Waals surface area (Å²) in [5, 5.41) is 10.9. The van der Waals surface area contributed by atoms with Crippen LogP contribution in [0, 0.1) is 10.1 Å². The summed E-state index contributed by atoms with van der Waals surface area (Å²) in [4.78, 5) is 23.7. The van der Waals surface area contributed by atoms with E-state index in [1.165, 1.54) is 6.07 Å². The van der Waals surface area contributed by atoms with Crippen molar-refractivity contribution in [3.8, 4) is 5.75 Å². The third-order valence-electron chi connectivity index (χ3n) is 3.35. The Bertz CT molecular complexity index is 532. The summed E-state index contributed by atoms with van der Waals surface area (Å²) in [5.74, 6) is -0.163. The predicted molar refractivity (Wildman–Crippen MR) is 73.8 cm³/mol. The van der Waals surface area contributed by atoms with Gasteiger partial charge in [-0.15, -0.1) is 0 Å². The second-order valence-electron chi connectivity index (χ2n) is 4.60. The van der Waals surface area contributed by atoms with Crippen molar-refractivity contribution in [2.24, 2.45) is 5.73 Å². The summed E-state index contributed by atoms with van der Waals surface area (Å²) < 4.78 is 5.31. The van der Waals surface area contributed by atoms with Gasteiger partial charge in [0.15, 0.2) is 5.75 Å². The fourth-order valence-electron chi connectivity index (χ4n) is 2.47. The van der Waals surface area contributed by atoms with Gasteiger partial charge < -0.3 is 15.4 Å². The maximum Gasteiger partial charge on any atom is 0.311 e. The molecular weight excluding hydrogens is 262 g/mol. The molecule has 1 unspecified atom stereocenters. The largest absolute Gasteiger partial charge is 0.487 e. The number of nitro benzene ring substituents is 1. The zero-order valence-corrected chi connectivity index (χ0v) is 11.2. The maximum absolute atomic E-state index is 11.4. The van der Waals surface area contributed by atoms with Crippen LogP contribution >= 0.6 is 0 Å². The standard InChI is InChI=1S/C13H17N3O4/c1-2-20-12-8-9(5-6-10(12)16(18)19)15-7-3-4-11(15)13(14)17/h5-6,8,11H,2-4,7H2,1H3,(H2,14,17). The van der Waals surface area contributed by atoms with Crippen LogP contribution in [0.1, 0.15) is 19.8 Å². The molecular formula is C13H17N3O4. The van der Waals surface area contributed by atoms with Gasteiger partial charge in [-0.1, -0.05) is 0 Å². The first kappa shape index (κ1) is 14.1. The number of hydrogen-bond acceptors (Lipinski definition) is 5. The first-order valence-electron chi connectivity index (χ1n) is 6.51. The highest BCUT2D eigenvalue weighted by molar-refractivity contribution is 5.84. The SMILES string of the molecule is CCOc1cc(N2CCCC2C(N)=O)ccc1[N+](=O)[O-]. The molecule has 1 aliphatic rings. The molecule has 1 amide bonds. The maximum atomic E-state index is 11.4. The smallest absolute Gasteiger partial charge is 0.311 e. The lowest BCUT2D eigenvalue weighted by Crippen LogP contribution is -2.40. The highest BCUT2D eigenvalue weighted by Crippen LogP contribution is 2.34. The number of amides is 1. The van der Waals surface area contributed by atoms with Crippen LogP contribution in [0.5, 0.6) is 5.75 Å². The Morgan fingerprint density at radius 3 is 2.95 bits per heavy atom. The zero-order chi connectivity index (χ0) is 14.7. The average molecular weight is 279 g/mol. The minimum absolute atomic E-state index is 0.0783. The number of nitrogens with zero attached hydrogens (tertiary/aromatic N) is 2. The number of rotatable bonds is 5. The van der Waals surface area contributed by atoms with Gasteiger partial charge in [0, 0.05) is 24.4 Å². The van der Waals surface area contributed by atoms with Crippen molar-refractivity contribution in [3.63, 3.8) is 0 Å². The molecule has 0 radical (unpaired) electrons. The van der Waals surface area contributed by atoms with E-state index in [4.69, 9.17) is 10.5 Å². The minimum atomic E-state index is -0.482. The number of nitro groups is 1. The molecule has 1 aromatic rings. The summed E-state index contributed by atoms with van der Waals surface area (Å²) in [5.41, 5.74) is 6.02. The molecule has 0 spiro atoms. The number of carbonyl (C=O) groups is 1. The Hall–Kier alpha value is -2.31. The predicted octanol–water partition coefficient (Wildman–Crippen LogP) is 1.45. The Morgan fingerprint density at radius 1 is 1.60 bits per heavy atom. The van der Waals surface area contributed by atoms with E-state index in [0.29, 0.717) is 19.6 Å². The van der Waals surface area contributed by atoms with Gasteiger partial charge in [0.25, 0.3) is 0 Å². The molecule has 1 saturated heterocycles. The number of benzene rings is 1. The Morgan fingerprint density at radius 2 is 2.35 bits per heavy atom. The third kappa shape index (κ3) is 2.66. The molecule has 0 bridgehead atoms. The lowest BCUT2D eigenvalue weighted by Gasteiger charge is -2.24. The van der Waals surface area contributed by atoms with Gasteiger partial charge in [0.2, 0.25) is 5.91 Å². The number of nitrogens with two attached hydrogens (primary N) is 1. The van der Waals surface area contributed by atoms with Crippen LogP contribution in [0.15, 0.2) is 18.2 Å². The topological polar surface area (TPSA) is 98.7 Å². The van der Waals surface area contributed by atoms with Gasteiger partial charge in [-0.2, -0.15) is 0 Å².